The van der Waals surface area contributed by atoms with Crippen LogP contribution in [0.15, 0.2) is 103 Å². The van der Waals surface area contributed by atoms with E-state index in [1.54, 1.807) is 24.5 Å². The van der Waals surface area contributed by atoms with Gasteiger partial charge in [-0.25, -0.2) is 4.98 Å². The maximum Gasteiger partial charge on any atom is 0.274 e. The summed E-state index contributed by atoms with van der Waals surface area (Å²) in [6.07, 6.45) is 4.17. The molecule has 0 aliphatic rings. The van der Waals surface area contributed by atoms with Gasteiger partial charge in [-0.3, -0.25) is 15.1 Å². The maximum atomic E-state index is 12.0. The molecule has 2 aromatic carbocycles. The van der Waals surface area contributed by atoms with Crippen LogP contribution in [0.5, 0.6) is 0 Å². The van der Waals surface area contributed by atoms with Crippen molar-refractivity contribution in [1.29, 1.82) is 0 Å². The van der Waals surface area contributed by atoms with Crippen molar-refractivity contribution in [2.75, 3.05) is 11.9 Å². The van der Waals surface area contributed by atoms with E-state index in [1.165, 1.54) is 0 Å². The Morgan fingerprint density at radius 1 is 0.844 bits per heavy atom. The molecule has 0 N–H and O–H groups in total. The van der Waals surface area contributed by atoms with Crippen molar-refractivity contribution >= 4 is 11.5 Å². The fourth-order valence-electron chi connectivity index (χ4n) is 4.15. The Kier molecular flexibility index (Phi) is 6.51. The average molecular weight is 425 g/mol. The summed E-state index contributed by atoms with van der Waals surface area (Å²) >= 11 is 0. The van der Waals surface area contributed by atoms with Crippen LogP contribution in [0.3, 0.4) is 0 Å². The van der Waals surface area contributed by atoms with Crippen molar-refractivity contribution in [1.82, 2.24) is 9.97 Å². The quantitative estimate of drug-likeness (QED) is 0.272. The first kappa shape index (κ1) is 21.2. The molecule has 160 valence electrons. The molecule has 6 heteroatoms. The number of pyridine rings is 2. The molecule has 2 unspecified atom stereocenters. The molecule has 6 nitrogen and oxygen atoms in total. The summed E-state index contributed by atoms with van der Waals surface area (Å²) in [5, 5.41) is 12.0. The summed E-state index contributed by atoms with van der Waals surface area (Å²) in [7, 11) is 1.94. The third-order valence-corrected chi connectivity index (χ3v) is 5.63. The third-order valence-electron chi connectivity index (χ3n) is 5.63. The molecule has 0 amide bonds. The molecule has 0 fully saturated rings. The van der Waals surface area contributed by atoms with Gasteiger partial charge in [-0.05, 0) is 36.2 Å². The Morgan fingerprint density at radius 3 is 2.16 bits per heavy atom. The number of nitrogens with zero attached hydrogens (tertiary/aromatic N) is 4. The number of aromatic nitrogens is 2. The predicted octanol–water partition coefficient (Wildman–Crippen LogP) is 5.59. The van der Waals surface area contributed by atoms with E-state index in [2.05, 4.69) is 22.1 Å². The molecule has 0 radical (unpaired) electrons. The van der Waals surface area contributed by atoms with Gasteiger partial charge in [-0.15, -0.1) is 0 Å². The first-order valence-corrected chi connectivity index (χ1v) is 10.5. The highest BCUT2D eigenvalue weighted by Gasteiger charge is 2.34. The van der Waals surface area contributed by atoms with Gasteiger partial charge in [0.2, 0.25) is 0 Å². The minimum Gasteiger partial charge on any atom is -0.352 e. The molecular formula is C26H24N4O2. The standard InChI is InChI=1S/C26H24N4O2/c1-29(25-16-8-10-18-28-25)26(21-13-5-6-15-24(21)30(31)32)22(23-14-7-9-17-27-23)19-20-11-3-2-4-12-20/h2-18,22,26H,19H2,1H3. The number of likely N-dealkylation sites (N-methyl/N-ethyl adjacent to an activating group) is 1. The lowest BCUT2D eigenvalue weighted by Gasteiger charge is -2.35. The monoisotopic (exact) mass is 424 g/mol. The number of para-hydroxylation sites is 1. The summed E-state index contributed by atoms with van der Waals surface area (Å²) in [6, 6.07) is 28.3. The van der Waals surface area contributed by atoms with Gasteiger partial charge in [0.15, 0.2) is 0 Å². The smallest absolute Gasteiger partial charge is 0.274 e. The number of benzene rings is 2. The van der Waals surface area contributed by atoms with E-state index in [-0.39, 0.29) is 22.6 Å². The van der Waals surface area contributed by atoms with Crippen LogP contribution >= 0.6 is 0 Å². The van der Waals surface area contributed by atoms with Gasteiger partial charge in [0.05, 0.1) is 16.5 Å². The largest absolute Gasteiger partial charge is 0.352 e. The van der Waals surface area contributed by atoms with Crippen LogP contribution in [-0.2, 0) is 6.42 Å². The van der Waals surface area contributed by atoms with Gasteiger partial charge >= 0.3 is 0 Å². The number of rotatable bonds is 8. The molecule has 0 saturated heterocycles. The SMILES string of the molecule is CN(c1ccccn1)C(c1ccccc1[N+](=O)[O-])C(Cc1ccccc1)c1ccccn1. The van der Waals surface area contributed by atoms with Gasteiger partial charge in [-0.1, -0.05) is 60.7 Å². The predicted molar refractivity (Wildman–Crippen MR) is 126 cm³/mol. The summed E-state index contributed by atoms with van der Waals surface area (Å²) < 4.78 is 0. The van der Waals surface area contributed by atoms with E-state index in [1.807, 2.05) is 78.7 Å². The second-order valence-electron chi connectivity index (χ2n) is 7.61. The van der Waals surface area contributed by atoms with Crippen LogP contribution in [0.1, 0.15) is 28.8 Å². The first-order valence-electron chi connectivity index (χ1n) is 10.5. The summed E-state index contributed by atoms with van der Waals surface area (Å²) in [4.78, 5) is 22.8. The van der Waals surface area contributed by atoms with E-state index in [4.69, 9.17) is 0 Å². The van der Waals surface area contributed by atoms with Crippen LogP contribution in [0.25, 0.3) is 0 Å². The second kappa shape index (κ2) is 9.83. The topological polar surface area (TPSA) is 72.2 Å². The second-order valence-corrected chi connectivity index (χ2v) is 7.61. The van der Waals surface area contributed by atoms with E-state index in [0.717, 1.165) is 17.1 Å². The van der Waals surface area contributed by atoms with Gasteiger partial charge in [0, 0.05) is 37.1 Å². The zero-order chi connectivity index (χ0) is 22.3. The molecule has 0 spiro atoms. The molecule has 2 heterocycles. The molecule has 4 aromatic rings. The lowest BCUT2D eigenvalue weighted by Crippen LogP contribution is -2.32. The Labute approximate surface area is 187 Å². The van der Waals surface area contributed by atoms with Gasteiger partial charge < -0.3 is 4.90 Å². The lowest BCUT2D eigenvalue weighted by atomic mass is 9.83. The van der Waals surface area contributed by atoms with Crippen molar-refractivity contribution in [3.05, 3.63) is 130 Å². The molecule has 2 aromatic heterocycles. The van der Waals surface area contributed by atoms with E-state index in [0.29, 0.717) is 12.0 Å². The third kappa shape index (κ3) is 4.64. The van der Waals surface area contributed by atoms with Crippen LogP contribution < -0.4 is 4.90 Å². The van der Waals surface area contributed by atoms with Crippen LogP contribution in [0.4, 0.5) is 11.5 Å². The average Bonchev–Trinajstić information content (AvgIpc) is 2.85. The lowest BCUT2D eigenvalue weighted by molar-refractivity contribution is -0.385. The molecule has 0 bridgehead atoms. The van der Waals surface area contributed by atoms with Crippen molar-refractivity contribution in [3.8, 4) is 0 Å². The number of hydrogen-bond acceptors (Lipinski definition) is 5. The minimum atomic E-state index is -0.360. The number of nitro benzene ring substituents is 1. The molecular weight excluding hydrogens is 400 g/mol. The van der Waals surface area contributed by atoms with Crippen molar-refractivity contribution in [2.24, 2.45) is 0 Å². The Bertz CT molecular complexity index is 1150. The number of nitro groups is 1. The highest BCUT2D eigenvalue weighted by atomic mass is 16.6. The van der Waals surface area contributed by atoms with E-state index < -0.39 is 0 Å². The molecule has 0 saturated carbocycles. The highest BCUT2D eigenvalue weighted by molar-refractivity contribution is 5.50. The van der Waals surface area contributed by atoms with Crippen molar-refractivity contribution in [3.63, 3.8) is 0 Å². The minimum absolute atomic E-state index is 0.0919. The fraction of sp³-hybridized carbons (Fsp3) is 0.154. The molecule has 0 aliphatic carbocycles. The number of hydrogen-bond donors (Lipinski definition) is 0. The maximum absolute atomic E-state index is 12.0. The molecule has 0 aliphatic heterocycles. The summed E-state index contributed by atoms with van der Waals surface area (Å²) in [5.74, 6) is 0.594. The van der Waals surface area contributed by atoms with Crippen LogP contribution in [0.2, 0.25) is 0 Å². The Morgan fingerprint density at radius 2 is 1.50 bits per heavy atom. The summed E-state index contributed by atoms with van der Waals surface area (Å²) in [5.41, 5.74) is 2.75. The number of anilines is 1. The molecule has 4 rings (SSSR count). The van der Waals surface area contributed by atoms with E-state index >= 15 is 0 Å². The first-order chi connectivity index (χ1) is 15.6. The molecule has 32 heavy (non-hydrogen) atoms. The van der Waals surface area contributed by atoms with E-state index in [9.17, 15) is 10.1 Å². The fourth-order valence-corrected chi connectivity index (χ4v) is 4.15. The normalized spacial score (nSPS) is 12.7. The van der Waals surface area contributed by atoms with Crippen molar-refractivity contribution in [2.45, 2.75) is 18.4 Å². The van der Waals surface area contributed by atoms with Gasteiger partial charge in [0.25, 0.3) is 5.69 Å². The Balaban J connectivity index is 1.90. The zero-order valence-corrected chi connectivity index (χ0v) is 17.8. The van der Waals surface area contributed by atoms with Crippen molar-refractivity contribution < 1.29 is 4.92 Å². The van der Waals surface area contributed by atoms with Gasteiger partial charge in [-0.2, -0.15) is 0 Å². The van der Waals surface area contributed by atoms with Crippen LogP contribution in [-0.4, -0.2) is 21.9 Å². The zero-order valence-electron chi connectivity index (χ0n) is 17.8. The highest BCUT2D eigenvalue weighted by Crippen LogP contribution is 2.42. The molecule has 2 atom stereocenters. The summed E-state index contributed by atoms with van der Waals surface area (Å²) in [6.45, 7) is 0. The van der Waals surface area contributed by atoms with Crippen LogP contribution in [0, 0.1) is 10.1 Å². The Hall–Kier alpha value is -4.06. The van der Waals surface area contributed by atoms with Gasteiger partial charge in [0.1, 0.15) is 5.82 Å².